The molecule has 0 bridgehead atoms. The third-order valence-corrected chi connectivity index (χ3v) is 2.54. The zero-order valence-corrected chi connectivity index (χ0v) is 6.84. The summed E-state index contributed by atoms with van der Waals surface area (Å²) in [4.78, 5) is 0. The summed E-state index contributed by atoms with van der Waals surface area (Å²) in [6.45, 7) is 0. The van der Waals surface area contributed by atoms with Gasteiger partial charge in [0.25, 0.3) is 0 Å². The predicted octanol–water partition coefficient (Wildman–Crippen LogP) is 3.37. The lowest BCUT2D eigenvalue weighted by Gasteiger charge is -2.15. The highest BCUT2D eigenvalue weighted by molar-refractivity contribution is 5.33. The van der Waals surface area contributed by atoms with Crippen LogP contribution in [0.1, 0.15) is 32.1 Å². The lowest BCUT2D eigenvalue weighted by Crippen LogP contribution is -1.96. The molecule has 0 spiro atoms. The van der Waals surface area contributed by atoms with Gasteiger partial charge >= 0.3 is 0 Å². The second-order valence-corrected chi connectivity index (χ2v) is 3.33. The van der Waals surface area contributed by atoms with Crippen molar-refractivity contribution in [2.45, 2.75) is 32.1 Å². The van der Waals surface area contributed by atoms with Gasteiger partial charge < -0.3 is 0 Å². The van der Waals surface area contributed by atoms with E-state index in [4.69, 9.17) is 0 Å². The Morgan fingerprint density at radius 1 is 1.00 bits per heavy atom. The minimum atomic E-state index is 1.20. The smallest absolute Gasteiger partial charge is 0.0130 e. The van der Waals surface area contributed by atoms with Gasteiger partial charge in [0.15, 0.2) is 0 Å². The fourth-order valence-corrected chi connectivity index (χ4v) is 1.89. The predicted molar refractivity (Wildman–Crippen MR) is 48.4 cm³/mol. The van der Waals surface area contributed by atoms with Crippen LogP contribution in [0.3, 0.4) is 0 Å². The molecule has 0 radical (unpaired) electrons. The van der Waals surface area contributed by atoms with Crippen molar-refractivity contribution in [3.63, 3.8) is 0 Å². The molecule has 2 aliphatic rings. The Balaban J connectivity index is 2.26. The van der Waals surface area contributed by atoms with Gasteiger partial charge in [0.05, 0.1) is 0 Å². The molecule has 0 aliphatic heterocycles. The van der Waals surface area contributed by atoms with Crippen molar-refractivity contribution in [1.29, 1.82) is 0 Å². The molecule has 0 unspecified atom stereocenters. The average Bonchev–Trinajstić information content (AvgIpc) is 2.28. The molecule has 0 saturated heterocycles. The standard InChI is InChI=1S/C11H14/c1-2-6-10-8-4-5-9-11(10)7-3-1/h1-3,6H,4-5,7-9H2. The van der Waals surface area contributed by atoms with Crippen LogP contribution in [0.15, 0.2) is 35.5 Å². The quantitative estimate of drug-likeness (QED) is 0.491. The molecule has 2 rings (SSSR count). The summed E-state index contributed by atoms with van der Waals surface area (Å²) in [6, 6.07) is 0. The van der Waals surface area contributed by atoms with Crippen LogP contribution in [0.4, 0.5) is 0 Å². The van der Waals surface area contributed by atoms with E-state index in [1.54, 1.807) is 11.1 Å². The Kier molecular flexibility index (Phi) is 1.93. The van der Waals surface area contributed by atoms with Gasteiger partial charge in [0, 0.05) is 0 Å². The first-order valence-electron chi connectivity index (χ1n) is 4.51. The van der Waals surface area contributed by atoms with Crippen molar-refractivity contribution in [1.82, 2.24) is 0 Å². The van der Waals surface area contributed by atoms with Crippen LogP contribution < -0.4 is 0 Å². The fourth-order valence-electron chi connectivity index (χ4n) is 1.89. The first kappa shape index (κ1) is 6.90. The molecule has 0 fully saturated rings. The van der Waals surface area contributed by atoms with E-state index < -0.39 is 0 Å². The number of hydrogen-bond acceptors (Lipinski definition) is 0. The molecule has 0 aromatic heterocycles. The summed E-state index contributed by atoms with van der Waals surface area (Å²) in [5.74, 6) is 0. The fraction of sp³-hybridized carbons (Fsp3) is 0.455. The molecule has 0 heterocycles. The van der Waals surface area contributed by atoms with Gasteiger partial charge in [-0.1, -0.05) is 29.9 Å². The summed E-state index contributed by atoms with van der Waals surface area (Å²) >= 11 is 0. The second-order valence-electron chi connectivity index (χ2n) is 3.33. The highest BCUT2D eigenvalue weighted by atomic mass is 14.1. The summed E-state index contributed by atoms with van der Waals surface area (Å²) < 4.78 is 0. The van der Waals surface area contributed by atoms with Crippen molar-refractivity contribution in [3.05, 3.63) is 35.5 Å². The van der Waals surface area contributed by atoms with E-state index >= 15 is 0 Å². The summed E-state index contributed by atoms with van der Waals surface area (Å²) in [5.41, 5.74) is 3.29. The summed E-state index contributed by atoms with van der Waals surface area (Å²) in [6.07, 6.45) is 15.5. The number of hydrogen-bond donors (Lipinski definition) is 0. The van der Waals surface area contributed by atoms with Gasteiger partial charge in [0.1, 0.15) is 0 Å². The van der Waals surface area contributed by atoms with Gasteiger partial charge in [-0.25, -0.2) is 0 Å². The van der Waals surface area contributed by atoms with Crippen molar-refractivity contribution >= 4 is 0 Å². The SMILES string of the molecule is C1=CCC2=C(C=C1)CCCC2. The summed E-state index contributed by atoms with van der Waals surface area (Å²) in [7, 11) is 0. The highest BCUT2D eigenvalue weighted by Gasteiger charge is 2.09. The van der Waals surface area contributed by atoms with Crippen molar-refractivity contribution in [2.75, 3.05) is 0 Å². The van der Waals surface area contributed by atoms with Crippen LogP contribution in [0.25, 0.3) is 0 Å². The minimum Gasteiger partial charge on any atom is -0.0805 e. The van der Waals surface area contributed by atoms with Crippen LogP contribution in [0, 0.1) is 0 Å². The molecule has 0 atom stereocenters. The van der Waals surface area contributed by atoms with E-state index in [-0.39, 0.29) is 0 Å². The molecule has 0 aromatic rings. The van der Waals surface area contributed by atoms with Crippen molar-refractivity contribution < 1.29 is 0 Å². The van der Waals surface area contributed by atoms with E-state index in [2.05, 4.69) is 24.3 Å². The maximum absolute atomic E-state index is 2.29. The molecule has 58 valence electrons. The van der Waals surface area contributed by atoms with Crippen LogP contribution in [0.5, 0.6) is 0 Å². The topological polar surface area (TPSA) is 0 Å². The van der Waals surface area contributed by atoms with E-state index in [1.807, 2.05) is 0 Å². The first-order chi connectivity index (χ1) is 5.47. The molecule has 0 saturated carbocycles. The molecule has 2 aliphatic carbocycles. The van der Waals surface area contributed by atoms with Gasteiger partial charge in [-0.15, -0.1) is 0 Å². The molecular formula is C11H14. The maximum Gasteiger partial charge on any atom is -0.0130 e. The largest absolute Gasteiger partial charge is 0.0805 e. The molecule has 0 amide bonds. The van der Waals surface area contributed by atoms with E-state index in [0.29, 0.717) is 0 Å². The third-order valence-electron chi connectivity index (χ3n) is 2.54. The molecule has 11 heavy (non-hydrogen) atoms. The summed E-state index contributed by atoms with van der Waals surface area (Å²) in [5, 5.41) is 0. The maximum atomic E-state index is 2.29. The van der Waals surface area contributed by atoms with Crippen LogP contribution in [-0.2, 0) is 0 Å². The Hall–Kier alpha value is -0.780. The highest BCUT2D eigenvalue weighted by Crippen LogP contribution is 2.29. The average molecular weight is 146 g/mol. The Bertz CT molecular complexity index is 228. The first-order valence-corrected chi connectivity index (χ1v) is 4.51. The van der Waals surface area contributed by atoms with Gasteiger partial charge in [-0.3, -0.25) is 0 Å². The second kappa shape index (κ2) is 3.08. The van der Waals surface area contributed by atoms with Gasteiger partial charge in [-0.05, 0) is 37.7 Å². The molecule has 0 N–H and O–H groups in total. The van der Waals surface area contributed by atoms with E-state index in [9.17, 15) is 0 Å². The molecule has 0 aromatic carbocycles. The van der Waals surface area contributed by atoms with E-state index in [0.717, 1.165) is 0 Å². The van der Waals surface area contributed by atoms with Gasteiger partial charge in [-0.2, -0.15) is 0 Å². The zero-order valence-electron chi connectivity index (χ0n) is 6.84. The van der Waals surface area contributed by atoms with E-state index in [1.165, 1.54) is 32.1 Å². The zero-order chi connectivity index (χ0) is 7.52. The number of allylic oxidation sites excluding steroid dienone is 6. The van der Waals surface area contributed by atoms with Crippen LogP contribution in [-0.4, -0.2) is 0 Å². The monoisotopic (exact) mass is 146 g/mol. The minimum absolute atomic E-state index is 1.20. The Labute approximate surface area is 68.3 Å². The molecule has 0 heteroatoms. The van der Waals surface area contributed by atoms with Gasteiger partial charge in [0.2, 0.25) is 0 Å². The third kappa shape index (κ3) is 1.45. The number of rotatable bonds is 0. The van der Waals surface area contributed by atoms with Crippen molar-refractivity contribution in [3.8, 4) is 0 Å². The van der Waals surface area contributed by atoms with Crippen LogP contribution in [0.2, 0.25) is 0 Å². The van der Waals surface area contributed by atoms with Crippen molar-refractivity contribution in [2.24, 2.45) is 0 Å². The van der Waals surface area contributed by atoms with Crippen LogP contribution >= 0.6 is 0 Å². The lowest BCUT2D eigenvalue weighted by atomic mass is 9.90. The normalized spacial score (nSPS) is 23.3. The Morgan fingerprint density at radius 2 is 1.91 bits per heavy atom. The Morgan fingerprint density at radius 3 is 2.91 bits per heavy atom. The lowest BCUT2D eigenvalue weighted by molar-refractivity contribution is 0.673. The molecular weight excluding hydrogens is 132 g/mol. The molecule has 0 nitrogen and oxygen atoms in total.